The molecule has 0 saturated carbocycles. The fraction of sp³-hybridized carbons (Fsp3) is 0.357. The van der Waals surface area contributed by atoms with Gasteiger partial charge in [-0.25, -0.2) is 4.79 Å². The summed E-state index contributed by atoms with van der Waals surface area (Å²) in [6.07, 6.45) is 2.90. The minimum absolute atomic E-state index is 0.243. The first kappa shape index (κ1) is 12.7. The number of amides is 1. The third-order valence-corrected chi connectivity index (χ3v) is 3.72. The highest BCUT2D eigenvalue weighted by Gasteiger charge is 2.35. The Morgan fingerprint density at radius 3 is 3.00 bits per heavy atom. The van der Waals surface area contributed by atoms with Crippen molar-refractivity contribution in [2.75, 3.05) is 6.54 Å². The first-order valence-electron chi connectivity index (χ1n) is 6.55. The fourth-order valence-electron chi connectivity index (χ4n) is 2.80. The molecular weight excluding hydrogens is 258 g/mol. The normalized spacial score (nSPS) is 18.6. The molecule has 1 aromatic heterocycles. The summed E-state index contributed by atoms with van der Waals surface area (Å²) < 4.78 is 0. The maximum Gasteiger partial charge on any atom is 0.326 e. The summed E-state index contributed by atoms with van der Waals surface area (Å²) >= 11 is 0. The number of carbonyl (C=O) groups excluding carboxylic acids is 1. The molecule has 1 unspecified atom stereocenters. The molecule has 1 aliphatic rings. The Bertz CT molecular complexity index is 692. The highest BCUT2D eigenvalue weighted by molar-refractivity contribution is 6.06. The van der Waals surface area contributed by atoms with Gasteiger partial charge in [0.1, 0.15) is 6.04 Å². The van der Waals surface area contributed by atoms with Crippen molar-refractivity contribution < 1.29 is 14.7 Å². The Morgan fingerprint density at radius 1 is 1.45 bits per heavy atom. The predicted octanol–water partition coefficient (Wildman–Crippen LogP) is 1.56. The molecule has 2 N–H and O–H groups in total. The van der Waals surface area contributed by atoms with Gasteiger partial charge in [-0.15, -0.1) is 0 Å². The van der Waals surface area contributed by atoms with Crippen LogP contribution in [0.5, 0.6) is 0 Å². The van der Waals surface area contributed by atoms with E-state index in [1.807, 2.05) is 13.0 Å². The Balaban J connectivity index is 2.04. The molecule has 0 aliphatic carbocycles. The molecule has 0 bridgehead atoms. The molecule has 2 aromatic rings. The standard InChI is InChI=1S/C14H15N3O3/c1-8-5-9-7-15-16-12(9)10(6-8)13(18)17-4-2-3-11(17)14(19)20/h5-7,11H,2-4H2,1H3,(H,15,16)(H,19,20). The van der Waals surface area contributed by atoms with Crippen molar-refractivity contribution in [3.63, 3.8) is 0 Å². The van der Waals surface area contributed by atoms with Crippen LogP contribution in [0.15, 0.2) is 18.3 Å². The molecular formula is C14H15N3O3. The van der Waals surface area contributed by atoms with Crippen molar-refractivity contribution in [2.24, 2.45) is 0 Å². The second-order valence-corrected chi connectivity index (χ2v) is 5.14. The number of nitrogens with one attached hydrogen (secondary N) is 1. The van der Waals surface area contributed by atoms with Gasteiger partial charge in [0.2, 0.25) is 0 Å². The molecule has 0 spiro atoms. The molecule has 1 atom stereocenters. The van der Waals surface area contributed by atoms with Crippen molar-refractivity contribution in [1.82, 2.24) is 15.1 Å². The number of nitrogens with zero attached hydrogens (tertiary/aromatic N) is 2. The number of aromatic nitrogens is 2. The SMILES string of the molecule is Cc1cc(C(=O)N2CCCC2C(=O)O)c2[nH]ncc2c1. The first-order chi connectivity index (χ1) is 9.58. The second-order valence-electron chi connectivity index (χ2n) is 5.14. The van der Waals surface area contributed by atoms with Gasteiger partial charge in [-0.1, -0.05) is 0 Å². The van der Waals surface area contributed by atoms with Gasteiger partial charge in [-0.2, -0.15) is 5.10 Å². The molecule has 104 valence electrons. The van der Waals surface area contributed by atoms with Crippen LogP contribution in [0.4, 0.5) is 0 Å². The van der Waals surface area contributed by atoms with E-state index >= 15 is 0 Å². The summed E-state index contributed by atoms with van der Waals surface area (Å²) in [5, 5.41) is 16.8. The van der Waals surface area contributed by atoms with Crippen molar-refractivity contribution in [2.45, 2.75) is 25.8 Å². The van der Waals surface area contributed by atoms with Crippen LogP contribution in [0.3, 0.4) is 0 Å². The van der Waals surface area contributed by atoms with Crippen molar-refractivity contribution in [3.8, 4) is 0 Å². The van der Waals surface area contributed by atoms with Crippen LogP contribution in [0.25, 0.3) is 10.9 Å². The van der Waals surface area contributed by atoms with Crippen LogP contribution in [-0.2, 0) is 4.79 Å². The van der Waals surface area contributed by atoms with Crippen LogP contribution in [-0.4, -0.2) is 44.7 Å². The molecule has 1 amide bonds. The molecule has 1 saturated heterocycles. The highest BCUT2D eigenvalue weighted by Crippen LogP contribution is 2.25. The molecule has 6 nitrogen and oxygen atoms in total. The maximum absolute atomic E-state index is 12.6. The molecule has 1 aliphatic heterocycles. The quantitative estimate of drug-likeness (QED) is 0.869. The Hall–Kier alpha value is -2.37. The third kappa shape index (κ3) is 1.93. The second kappa shape index (κ2) is 4.63. The molecule has 6 heteroatoms. The largest absolute Gasteiger partial charge is 0.480 e. The van der Waals surface area contributed by atoms with E-state index < -0.39 is 12.0 Å². The smallest absolute Gasteiger partial charge is 0.326 e. The lowest BCUT2D eigenvalue weighted by atomic mass is 10.1. The number of carboxylic acids is 1. The average Bonchev–Trinajstić information content (AvgIpc) is 3.04. The molecule has 0 radical (unpaired) electrons. The van der Waals surface area contributed by atoms with Crippen LogP contribution in [0, 0.1) is 6.92 Å². The number of likely N-dealkylation sites (tertiary alicyclic amines) is 1. The number of fused-ring (bicyclic) bond motifs is 1. The van der Waals surface area contributed by atoms with Gasteiger partial charge in [0.25, 0.3) is 5.91 Å². The summed E-state index contributed by atoms with van der Waals surface area (Å²) in [7, 11) is 0. The van der Waals surface area contributed by atoms with Gasteiger partial charge in [0.05, 0.1) is 17.3 Å². The van der Waals surface area contributed by atoms with Gasteiger partial charge in [0.15, 0.2) is 0 Å². The lowest BCUT2D eigenvalue weighted by Gasteiger charge is -2.21. The van der Waals surface area contributed by atoms with Crippen molar-refractivity contribution in [3.05, 3.63) is 29.5 Å². The average molecular weight is 273 g/mol. The monoisotopic (exact) mass is 273 g/mol. The van der Waals surface area contributed by atoms with Crippen LogP contribution in [0.2, 0.25) is 0 Å². The Kier molecular flexibility index (Phi) is 2.93. The fourth-order valence-corrected chi connectivity index (χ4v) is 2.80. The molecule has 1 aromatic carbocycles. The van der Waals surface area contributed by atoms with Gasteiger partial charge in [0, 0.05) is 11.9 Å². The van der Waals surface area contributed by atoms with E-state index in [1.54, 1.807) is 12.3 Å². The van der Waals surface area contributed by atoms with Crippen LogP contribution < -0.4 is 0 Å². The lowest BCUT2D eigenvalue weighted by Crippen LogP contribution is -2.40. The van der Waals surface area contributed by atoms with E-state index in [0.29, 0.717) is 24.0 Å². The van der Waals surface area contributed by atoms with Gasteiger partial charge < -0.3 is 10.0 Å². The number of aliphatic carboxylic acids is 1. The number of rotatable bonds is 2. The summed E-state index contributed by atoms with van der Waals surface area (Å²) in [5.41, 5.74) is 2.11. The number of benzene rings is 1. The minimum Gasteiger partial charge on any atom is -0.480 e. The number of H-pyrrole nitrogens is 1. The summed E-state index contributed by atoms with van der Waals surface area (Å²) in [4.78, 5) is 25.3. The van der Waals surface area contributed by atoms with E-state index in [4.69, 9.17) is 0 Å². The molecule has 1 fully saturated rings. The lowest BCUT2D eigenvalue weighted by molar-refractivity contribution is -0.141. The maximum atomic E-state index is 12.6. The van der Waals surface area contributed by atoms with E-state index in [2.05, 4.69) is 10.2 Å². The number of carboxylic acid groups (broad SMARTS) is 1. The van der Waals surface area contributed by atoms with Crippen molar-refractivity contribution in [1.29, 1.82) is 0 Å². The van der Waals surface area contributed by atoms with Gasteiger partial charge >= 0.3 is 5.97 Å². The summed E-state index contributed by atoms with van der Waals surface area (Å²) in [6.45, 7) is 2.39. The highest BCUT2D eigenvalue weighted by atomic mass is 16.4. The van der Waals surface area contributed by atoms with E-state index in [9.17, 15) is 14.7 Å². The number of hydrogen-bond acceptors (Lipinski definition) is 3. The number of carbonyl (C=O) groups is 2. The molecule has 3 rings (SSSR count). The van der Waals surface area contributed by atoms with E-state index in [-0.39, 0.29) is 5.91 Å². The van der Waals surface area contributed by atoms with Gasteiger partial charge in [-0.3, -0.25) is 9.89 Å². The number of aryl methyl sites for hydroxylation is 1. The third-order valence-electron chi connectivity index (χ3n) is 3.72. The van der Waals surface area contributed by atoms with E-state index in [1.165, 1.54) is 4.90 Å². The predicted molar refractivity (Wildman–Crippen MR) is 72.5 cm³/mol. The minimum atomic E-state index is -0.940. The zero-order chi connectivity index (χ0) is 14.3. The van der Waals surface area contributed by atoms with E-state index in [0.717, 1.165) is 17.4 Å². The number of hydrogen-bond donors (Lipinski definition) is 2. The topological polar surface area (TPSA) is 86.3 Å². The van der Waals surface area contributed by atoms with Crippen molar-refractivity contribution >= 4 is 22.8 Å². The zero-order valence-electron chi connectivity index (χ0n) is 11.1. The van der Waals surface area contributed by atoms with Crippen LogP contribution >= 0.6 is 0 Å². The Labute approximate surface area is 115 Å². The van der Waals surface area contributed by atoms with Crippen LogP contribution in [0.1, 0.15) is 28.8 Å². The molecule has 20 heavy (non-hydrogen) atoms. The number of aromatic amines is 1. The van der Waals surface area contributed by atoms with Gasteiger partial charge in [-0.05, 0) is 37.5 Å². The first-order valence-corrected chi connectivity index (χ1v) is 6.55. The summed E-state index contributed by atoms with van der Waals surface area (Å²) in [5.74, 6) is -1.18. The zero-order valence-corrected chi connectivity index (χ0v) is 11.1. The Morgan fingerprint density at radius 2 is 2.25 bits per heavy atom. The summed E-state index contributed by atoms with van der Waals surface area (Å²) in [6, 6.07) is 3.00. The molecule has 2 heterocycles.